The number of hydrogen-bond donors (Lipinski definition) is 2. The number of pyridine rings is 1. The van der Waals surface area contributed by atoms with Gasteiger partial charge >= 0.3 is 0 Å². The number of nitrogens with one attached hydrogen (secondary N) is 1. The molecule has 21 heavy (non-hydrogen) atoms. The number of nitrogens with two attached hydrogens (primary N) is 1. The first-order valence-electron chi connectivity index (χ1n) is 6.80. The molecule has 110 valence electrons. The summed E-state index contributed by atoms with van der Waals surface area (Å²) in [7, 11) is 1.64. The second kappa shape index (κ2) is 6.37. The summed E-state index contributed by atoms with van der Waals surface area (Å²) in [5, 5.41) is 0. The molecule has 0 saturated heterocycles. The lowest BCUT2D eigenvalue weighted by atomic mass is 10.1. The molecule has 2 aromatic rings. The van der Waals surface area contributed by atoms with E-state index in [2.05, 4.69) is 4.98 Å². The van der Waals surface area contributed by atoms with Crippen LogP contribution in [0.4, 0.5) is 0 Å². The van der Waals surface area contributed by atoms with Crippen LogP contribution < -0.4 is 11.3 Å². The maximum atomic E-state index is 12.3. The number of carbonyl (C=O) groups excluding carboxylic acids is 1. The molecule has 5 heteroatoms. The fourth-order valence-electron chi connectivity index (χ4n) is 1.98. The molecule has 0 fully saturated rings. The van der Waals surface area contributed by atoms with Crippen LogP contribution >= 0.6 is 0 Å². The summed E-state index contributed by atoms with van der Waals surface area (Å²) < 4.78 is 0. The minimum absolute atomic E-state index is 0.120. The molecule has 0 radical (unpaired) electrons. The second-order valence-corrected chi connectivity index (χ2v) is 4.98. The number of aromatic amines is 1. The van der Waals surface area contributed by atoms with Gasteiger partial charge in [-0.1, -0.05) is 30.3 Å². The molecule has 0 bridgehead atoms. The monoisotopic (exact) mass is 285 g/mol. The van der Waals surface area contributed by atoms with Crippen molar-refractivity contribution in [1.82, 2.24) is 9.88 Å². The fourth-order valence-corrected chi connectivity index (χ4v) is 1.98. The van der Waals surface area contributed by atoms with Crippen LogP contribution in [0.1, 0.15) is 17.3 Å². The standard InChI is InChI=1S/C16H19N3O2/c1-11(10-17)19(2)16(21)13-8-9-14(18-15(13)20)12-6-4-3-5-7-12/h3-9,11H,10,17H2,1-2H3,(H,18,20). The number of carbonyl (C=O) groups is 1. The highest BCUT2D eigenvalue weighted by atomic mass is 16.2. The van der Waals surface area contributed by atoms with Crippen molar-refractivity contribution in [2.45, 2.75) is 13.0 Å². The Bertz CT molecular complexity index is 679. The first kappa shape index (κ1) is 15.0. The van der Waals surface area contributed by atoms with Crippen molar-refractivity contribution >= 4 is 5.91 Å². The molecule has 1 unspecified atom stereocenters. The van der Waals surface area contributed by atoms with Crippen molar-refractivity contribution in [1.29, 1.82) is 0 Å². The molecule has 3 N–H and O–H groups in total. The van der Waals surface area contributed by atoms with Crippen molar-refractivity contribution < 1.29 is 4.79 Å². The smallest absolute Gasteiger partial charge is 0.261 e. The summed E-state index contributed by atoms with van der Waals surface area (Å²) in [6.07, 6.45) is 0. The fraction of sp³-hybridized carbons (Fsp3) is 0.250. The number of rotatable bonds is 4. The Morgan fingerprint density at radius 1 is 1.24 bits per heavy atom. The van der Waals surface area contributed by atoms with Gasteiger partial charge in [0.25, 0.3) is 11.5 Å². The molecule has 1 atom stereocenters. The van der Waals surface area contributed by atoms with E-state index < -0.39 is 5.56 Å². The lowest BCUT2D eigenvalue weighted by molar-refractivity contribution is 0.0746. The van der Waals surface area contributed by atoms with Crippen molar-refractivity contribution in [3.8, 4) is 11.3 Å². The average Bonchev–Trinajstić information content (AvgIpc) is 2.53. The van der Waals surface area contributed by atoms with Crippen LogP contribution in [0.15, 0.2) is 47.3 Å². The Hall–Kier alpha value is -2.40. The number of nitrogens with zero attached hydrogens (tertiary/aromatic N) is 1. The van der Waals surface area contributed by atoms with Crippen LogP contribution in [0.3, 0.4) is 0 Å². The van der Waals surface area contributed by atoms with Crippen LogP contribution in [-0.4, -0.2) is 35.4 Å². The van der Waals surface area contributed by atoms with E-state index in [4.69, 9.17) is 5.73 Å². The van der Waals surface area contributed by atoms with E-state index in [9.17, 15) is 9.59 Å². The van der Waals surface area contributed by atoms with E-state index in [1.165, 1.54) is 4.90 Å². The Balaban J connectivity index is 2.32. The van der Waals surface area contributed by atoms with E-state index in [0.29, 0.717) is 12.2 Å². The molecular formula is C16H19N3O2. The largest absolute Gasteiger partial charge is 0.338 e. The van der Waals surface area contributed by atoms with Gasteiger partial charge in [-0.15, -0.1) is 0 Å². The van der Waals surface area contributed by atoms with Crippen molar-refractivity contribution in [2.24, 2.45) is 5.73 Å². The third kappa shape index (κ3) is 3.20. The van der Waals surface area contributed by atoms with Gasteiger partial charge in [0.15, 0.2) is 0 Å². The maximum absolute atomic E-state index is 12.3. The summed E-state index contributed by atoms with van der Waals surface area (Å²) in [5.74, 6) is -0.325. The van der Waals surface area contributed by atoms with Crippen LogP contribution in [0.5, 0.6) is 0 Å². The molecule has 1 heterocycles. The van der Waals surface area contributed by atoms with Gasteiger partial charge < -0.3 is 15.6 Å². The van der Waals surface area contributed by atoms with Gasteiger partial charge in [-0.3, -0.25) is 9.59 Å². The second-order valence-electron chi connectivity index (χ2n) is 4.98. The van der Waals surface area contributed by atoms with Crippen LogP contribution in [0.25, 0.3) is 11.3 Å². The van der Waals surface area contributed by atoms with Crippen LogP contribution in [0.2, 0.25) is 0 Å². The molecule has 0 spiro atoms. The summed E-state index contributed by atoms with van der Waals surface area (Å²) in [5.41, 5.74) is 6.87. The van der Waals surface area contributed by atoms with E-state index >= 15 is 0 Å². The Labute approximate surface area is 123 Å². The highest BCUT2D eigenvalue weighted by Gasteiger charge is 2.19. The first-order chi connectivity index (χ1) is 10.0. The third-order valence-electron chi connectivity index (χ3n) is 3.55. The van der Waals surface area contributed by atoms with Crippen molar-refractivity contribution in [2.75, 3.05) is 13.6 Å². The van der Waals surface area contributed by atoms with Gasteiger partial charge in [-0.25, -0.2) is 0 Å². The number of benzene rings is 1. The van der Waals surface area contributed by atoms with Gasteiger partial charge in [0.1, 0.15) is 5.56 Å². The van der Waals surface area contributed by atoms with Crippen molar-refractivity contribution in [3.05, 3.63) is 58.4 Å². The third-order valence-corrected chi connectivity index (χ3v) is 3.55. The molecule has 0 aliphatic rings. The maximum Gasteiger partial charge on any atom is 0.261 e. The average molecular weight is 285 g/mol. The number of aromatic nitrogens is 1. The molecule has 0 saturated carbocycles. The highest BCUT2D eigenvalue weighted by Crippen LogP contribution is 2.15. The predicted octanol–water partition coefficient (Wildman–Crippen LogP) is 1.46. The minimum Gasteiger partial charge on any atom is -0.338 e. The van der Waals surface area contributed by atoms with Gasteiger partial charge in [-0.05, 0) is 24.6 Å². The zero-order valence-electron chi connectivity index (χ0n) is 12.2. The van der Waals surface area contributed by atoms with Gasteiger partial charge in [0, 0.05) is 25.3 Å². The Morgan fingerprint density at radius 3 is 2.48 bits per heavy atom. The minimum atomic E-state index is -0.391. The number of amides is 1. The number of likely N-dealkylation sites (N-methyl/N-ethyl adjacent to an activating group) is 1. The molecule has 0 aliphatic carbocycles. The summed E-state index contributed by atoms with van der Waals surface area (Å²) in [6, 6.07) is 12.7. The molecule has 1 amide bonds. The zero-order valence-corrected chi connectivity index (χ0v) is 12.2. The molecule has 1 aromatic heterocycles. The Kier molecular flexibility index (Phi) is 4.55. The van der Waals surface area contributed by atoms with E-state index in [1.54, 1.807) is 19.2 Å². The zero-order chi connectivity index (χ0) is 15.4. The number of hydrogen-bond acceptors (Lipinski definition) is 3. The quantitative estimate of drug-likeness (QED) is 0.892. The molecular weight excluding hydrogens is 266 g/mol. The molecule has 5 nitrogen and oxygen atoms in total. The number of H-pyrrole nitrogens is 1. The normalized spacial score (nSPS) is 12.0. The Morgan fingerprint density at radius 2 is 1.90 bits per heavy atom. The van der Waals surface area contributed by atoms with Crippen molar-refractivity contribution in [3.63, 3.8) is 0 Å². The highest BCUT2D eigenvalue weighted by molar-refractivity contribution is 5.94. The first-order valence-corrected chi connectivity index (χ1v) is 6.80. The van der Waals surface area contributed by atoms with E-state index in [-0.39, 0.29) is 17.5 Å². The molecule has 0 aliphatic heterocycles. The summed E-state index contributed by atoms with van der Waals surface area (Å²) >= 11 is 0. The van der Waals surface area contributed by atoms with Gasteiger partial charge in [-0.2, -0.15) is 0 Å². The van der Waals surface area contributed by atoms with Crippen LogP contribution in [0, 0.1) is 0 Å². The lowest BCUT2D eigenvalue weighted by Crippen LogP contribution is -2.41. The van der Waals surface area contributed by atoms with Crippen LogP contribution in [-0.2, 0) is 0 Å². The molecule has 1 aromatic carbocycles. The molecule has 2 rings (SSSR count). The summed E-state index contributed by atoms with van der Waals surface area (Å²) in [4.78, 5) is 28.6. The topological polar surface area (TPSA) is 79.2 Å². The lowest BCUT2D eigenvalue weighted by Gasteiger charge is -2.23. The predicted molar refractivity (Wildman–Crippen MR) is 83.1 cm³/mol. The van der Waals surface area contributed by atoms with E-state index in [1.807, 2.05) is 37.3 Å². The SMILES string of the molecule is CC(CN)N(C)C(=O)c1ccc(-c2ccccc2)[nH]c1=O. The van der Waals surface area contributed by atoms with Gasteiger partial charge in [0.05, 0.1) is 0 Å². The summed E-state index contributed by atoms with van der Waals surface area (Å²) in [6.45, 7) is 2.19. The van der Waals surface area contributed by atoms with Gasteiger partial charge in [0.2, 0.25) is 0 Å². The van der Waals surface area contributed by atoms with E-state index in [0.717, 1.165) is 5.56 Å².